The maximum Gasteiger partial charge on any atom is 0.255 e. The second-order valence-corrected chi connectivity index (χ2v) is 7.67. The molecule has 0 aromatic heterocycles. The third-order valence-electron chi connectivity index (χ3n) is 5.81. The van der Waals surface area contributed by atoms with Gasteiger partial charge in [0.15, 0.2) is 11.6 Å². The Bertz CT molecular complexity index is 1030. The number of primary amides is 1. The van der Waals surface area contributed by atoms with Crippen LogP contribution in [0.4, 0.5) is 0 Å². The molecule has 0 bridgehead atoms. The van der Waals surface area contributed by atoms with Gasteiger partial charge in [0, 0.05) is 28.5 Å². The Morgan fingerprint density at radius 1 is 1.18 bits per heavy atom. The highest BCUT2D eigenvalue weighted by Gasteiger charge is 2.53. The fourth-order valence-electron chi connectivity index (χ4n) is 4.63. The molecule has 146 valence electrons. The summed E-state index contributed by atoms with van der Waals surface area (Å²) < 4.78 is 0. The summed E-state index contributed by atoms with van der Waals surface area (Å²) in [5, 5.41) is 42.2. The third-order valence-corrected chi connectivity index (χ3v) is 6.14. The van der Waals surface area contributed by atoms with E-state index >= 15 is 0 Å². The maximum atomic E-state index is 13.1. The number of phenolic OH excluding ortho intramolecular Hbond substituents is 1. The predicted molar refractivity (Wildman–Crippen MR) is 96.2 cm³/mol. The fourth-order valence-corrected chi connectivity index (χ4v) is 4.90. The van der Waals surface area contributed by atoms with Crippen molar-refractivity contribution in [3.05, 3.63) is 45.2 Å². The van der Waals surface area contributed by atoms with Crippen molar-refractivity contribution in [3.63, 3.8) is 0 Å². The normalized spacial score (nSPS) is 29.4. The molecule has 1 amide bonds. The molecule has 6 N–H and O–H groups in total. The van der Waals surface area contributed by atoms with Gasteiger partial charge in [0.1, 0.15) is 22.8 Å². The minimum atomic E-state index is -1.30. The summed E-state index contributed by atoms with van der Waals surface area (Å²) in [5.74, 6) is -6.94. The van der Waals surface area contributed by atoms with Crippen molar-refractivity contribution in [3.8, 4) is 5.75 Å². The monoisotopic (exact) mass is 405 g/mol. The number of phenols is 1. The Kier molecular flexibility index (Phi) is 4.02. The lowest BCUT2D eigenvalue weighted by atomic mass is 9.61. The highest BCUT2D eigenvalue weighted by atomic mass is 35.5. The summed E-state index contributed by atoms with van der Waals surface area (Å²) in [6, 6.07) is 2.59. The summed E-state index contributed by atoms with van der Waals surface area (Å²) in [6.45, 7) is 0. The molecule has 1 aromatic carbocycles. The number of benzene rings is 1. The van der Waals surface area contributed by atoms with Crippen molar-refractivity contribution >= 4 is 34.8 Å². The Hall–Kier alpha value is -2.84. The molecule has 3 aliphatic carbocycles. The number of nitrogens with two attached hydrogens (primary N) is 1. The van der Waals surface area contributed by atoms with Crippen LogP contribution in [0.5, 0.6) is 5.75 Å². The van der Waals surface area contributed by atoms with Gasteiger partial charge in [-0.1, -0.05) is 11.6 Å². The van der Waals surface area contributed by atoms with Crippen LogP contribution >= 0.6 is 11.6 Å². The van der Waals surface area contributed by atoms with Crippen LogP contribution in [-0.4, -0.2) is 37.9 Å². The third kappa shape index (κ3) is 2.31. The topological polar surface area (TPSA) is 158 Å². The maximum absolute atomic E-state index is 13.1. The highest BCUT2D eigenvalue weighted by Crippen LogP contribution is 2.54. The SMILES string of the molecule is NC(=O)C1=C(O)C2C(=O)C3=C(O)c4c(O)ccc(Cl)c4[C@@H](O)C3CC2CC1=O. The standard InChI is InChI=1S/C19H16ClNO7/c20-7-1-2-8(22)13-12(7)15(24)6-3-5-4-9(23)14(19(21)28)17(26)10(5)16(25)11(6)18(13)27/h1-2,5-6,10,15,22,24,26-27H,3-4H2,(H2,21,28)/t5?,6?,10?,15-/m0/s1. The number of hydrogen-bond acceptors (Lipinski definition) is 7. The van der Waals surface area contributed by atoms with Gasteiger partial charge in [-0.3, -0.25) is 14.4 Å². The largest absolute Gasteiger partial charge is 0.511 e. The van der Waals surface area contributed by atoms with Crippen LogP contribution in [0.2, 0.25) is 5.02 Å². The Labute approximate surface area is 163 Å². The average Bonchev–Trinajstić information content (AvgIpc) is 2.60. The molecule has 3 unspecified atom stereocenters. The van der Waals surface area contributed by atoms with Gasteiger partial charge in [-0.25, -0.2) is 0 Å². The van der Waals surface area contributed by atoms with E-state index in [9.17, 15) is 34.8 Å². The molecular weight excluding hydrogens is 390 g/mol. The van der Waals surface area contributed by atoms with Gasteiger partial charge >= 0.3 is 0 Å². The number of ketones is 2. The Morgan fingerprint density at radius 3 is 2.50 bits per heavy atom. The molecule has 1 saturated carbocycles. The van der Waals surface area contributed by atoms with Gasteiger partial charge in [-0.2, -0.15) is 0 Å². The molecule has 0 saturated heterocycles. The molecule has 4 rings (SSSR count). The van der Waals surface area contributed by atoms with Crippen LogP contribution in [0, 0.1) is 17.8 Å². The van der Waals surface area contributed by atoms with Crippen LogP contribution < -0.4 is 5.73 Å². The van der Waals surface area contributed by atoms with E-state index in [0.29, 0.717) is 0 Å². The Balaban J connectivity index is 1.93. The lowest BCUT2D eigenvalue weighted by Crippen LogP contribution is -2.45. The van der Waals surface area contributed by atoms with Gasteiger partial charge in [0.05, 0.1) is 17.6 Å². The minimum Gasteiger partial charge on any atom is -0.511 e. The van der Waals surface area contributed by atoms with Crippen molar-refractivity contribution < 1.29 is 34.8 Å². The molecule has 28 heavy (non-hydrogen) atoms. The van der Waals surface area contributed by atoms with Gasteiger partial charge in [0.2, 0.25) is 0 Å². The molecule has 3 aliphatic rings. The molecule has 0 heterocycles. The van der Waals surface area contributed by atoms with E-state index in [-0.39, 0.29) is 40.3 Å². The summed E-state index contributed by atoms with van der Waals surface area (Å²) >= 11 is 6.14. The number of hydrogen-bond donors (Lipinski definition) is 5. The van der Waals surface area contributed by atoms with Crippen LogP contribution in [-0.2, 0) is 14.4 Å². The second kappa shape index (κ2) is 6.08. The molecule has 0 radical (unpaired) electrons. The number of allylic oxidation sites excluding steroid dienone is 1. The van der Waals surface area contributed by atoms with E-state index in [1.165, 1.54) is 12.1 Å². The molecule has 8 nitrogen and oxygen atoms in total. The summed E-state index contributed by atoms with van der Waals surface area (Å²) in [6.07, 6.45) is -1.41. The van der Waals surface area contributed by atoms with E-state index in [1.54, 1.807) is 0 Å². The first-order chi connectivity index (χ1) is 13.1. The van der Waals surface area contributed by atoms with Crippen molar-refractivity contribution in [1.29, 1.82) is 0 Å². The van der Waals surface area contributed by atoms with E-state index in [0.717, 1.165) is 0 Å². The number of rotatable bonds is 1. The zero-order valence-electron chi connectivity index (χ0n) is 14.3. The molecule has 0 aliphatic heterocycles. The van der Waals surface area contributed by atoms with Crippen molar-refractivity contribution in [2.45, 2.75) is 18.9 Å². The first-order valence-corrected chi connectivity index (χ1v) is 8.96. The van der Waals surface area contributed by atoms with Crippen LogP contribution in [0.25, 0.3) is 5.76 Å². The number of aliphatic hydroxyl groups is 3. The number of aliphatic hydroxyl groups excluding tert-OH is 3. The van der Waals surface area contributed by atoms with Crippen molar-refractivity contribution in [2.24, 2.45) is 23.5 Å². The molecule has 4 atom stereocenters. The van der Waals surface area contributed by atoms with Crippen LogP contribution in [0.1, 0.15) is 30.1 Å². The van der Waals surface area contributed by atoms with E-state index in [1.807, 2.05) is 0 Å². The fraction of sp³-hybridized carbons (Fsp3) is 0.316. The Morgan fingerprint density at radius 2 is 1.86 bits per heavy atom. The van der Waals surface area contributed by atoms with Crippen molar-refractivity contribution in [2.75, 3.05) is 0 Å². The summed E-state index contributed by atoms with van der Waals surface area (Å²) in [4.78, 5) is 36.9. The molecule has 0 spiro atoms. The summed E-state index contributed by atoms with van der Waals surface area (Å²) in [5.41, 5.74) is 4.31. The van der Waals surface area contributed by atoms with Gasteiger partial charge in [-0.15, -0.1) is 0 Å². The quantitative estimate of drug-likeness (QED) is 0.442. The van der Waals surface area contributed by atoms with Gasteiger partial charge < -0.3 is 26.2 Å². The number of carbonyl (C=O) groups excluding carboxylic acids is 3. The molecule has 9 heteroatoms. The molecule has 1 aromatic rings. The lowest BCUT2D eigenvalue weighted by Gasteiger charge is -2.43. The smallest absolute Gasteiger partial charge is 0.255 e. The zero-order valence-corrected chi connectivity index (χ0v) is 15.1. The van der Waals surface area contributed by atoms with E-state index in [4.69, 9.17) is 17.3 Å². The first kappa shape index (κ1) is 18.5. The zero-order chi connectivity index (χ0) is 20.5. The van der Waals surface area contributed by atoms with Gasteiger partial charge in [0.25, 0.3) is 5.91 Å². The van der Waals surface area contributed by atoms with E-state index in [2.05, 4.69) is 0 Å². The minimum absolute atomic E-state index is 0.0875. The second-order valence-electron chi connectivity index (χ2n) is 7.26. The first-order valence-electron chi connectivity index (χ1n) is 8.58. The van der Waals surface area contributed by atoms with E-state index < -0.39 is 58.4 Å². The molecular formula is C19H16ClNO7. The number of carbonyl (C=O) groups is 3. The number of fused-ring (bicyclic) bond motifs is 3. The number of Topliss-reactive ketones (excluding diaryl/α,β-unsaturated/α-hetero) is 2. The van der Waals surface area contributed by atoms with Gasteiger partial charge in [-0.05, 0) is 24.5 Å². The van der Waals surface area contributed by atoms with Crippen LogP contribution in [0.15, 0.2) is 29.0 Å². The average molecular weight is 406 g/mol. The predicted octanol–water partition coefficient (Wildman–Crippen LogP) is 1.45. The molecule has 1 fully saturated rings. The number of halogens is 1. The van der Waals surface area contributed by atoms with Crippen molar-refractivity contribution in [1.82, 2.24) is 0 Å². The summed E-state index contributed by atoms with van der Waals surface area (Å²) in [7, 11) is 0. The number of amides is 1. The highest BCUT2D eigenvalue weighted by molar-refractivity contribution is 6.32. The number of aromatic hydroxyl groups is 1. The lowest BCUT2D eigenvalue weighted by molar-refractivity contribution is -0.128. The van der Waals surface area contributed by atoms with Crippen LogP contribution in [0.3, 0.4) is 0 Å².